The summed E-state index contributed by atoms with van der Waals surface area (Å²) in [5.41, 5.74) is 0.358. The standard InChI is InChI=1S/C11H8INO4/c12-8-3-1-2-7(11(16)17)10(8)13-5-6(14)4-9(13)15/h1-3H,4-5H2,(H,16,17). The lowest BCUT2D eigenvalue weighted by molar-refractivity contribution is -0.121. The highest BCUT2D eigenvalue weighted by Gasteiger charge is 2.32. The van der Waals surface area contributed by atoms with E-state index >= 15 is 0 Å². The summed E-state index contributed by atoms with van der Waals surface area (Å²) in [6.45, 7) is -0.0425. The monoisotopic (exact) mass is 345 g/mol. The van der Waals surface area contributed by atoms with Crippen molar-refractivity contribution < 1.29 is 19.5 Å². The van der Waals surface area contributed by atoms with Crippen LogP contribution in [-0.4, -0.2) is 29.3 Å². The van der Waals surface area contributed by atoms with Gasteiger partial charge in [-0.2, -0.15) is 0 Å². The zero-order chi connectivity index (χ0) is 12.6. The highest BCUT2D eigenvalue weighted by Crippen LogP contribution is 2.29. The third kappa shape index (κ3) is 2.17. The Bertz CT molecular complexity index is 526. The summed E-state index contributed by atoms with van der Waals surface area (Å²) in [6, 6.07) is 4.74. The van der Waals surface area contributed by atoms with Crippen LogP contribution in [-0.2, 0) is 9.59 Å². The molecule has 1 aliphatic heterocycles. The molecule has 0 aromatic heterocycles. The minimum Gasteiger partial charge on any atom is -0.478 e. The lowest BCUT2D eigenvalue weighted by atomic mass is 10.1. The Morgan fingerprint density at radius 3 is 2.59 bits per heavy atom. The topological polar surface area (TPSA) is 74.7 Å². The first kappa shape index (κ1) is 12.0. The summed E-state index contributed by atoms with van der Waals surface area (Å²) in [7, 11) is 0. The van der Waals surface area contributed by atoms with Gasteiger partial charge in [0.05, 0.1) is 24.2 Å². The van der Waals surface area contributed by atoms with Gasteiger partial charge in [-0.05, 0) is 34.7 Å². The molecule has 0 saturated carbocycles. The van der Waals surface area contributed by atoms with Crippen molar-refractivity contribution in [1.29, 1.82) is 0 Å². The quantitative estimate of drug-likeness (QED) is 0.648. The molecule has 0 radical (unpaired) electrons. The van der Waals surface area contributed by atoms with Crippen LogP contribution in [0, 0.1) is 3.57 Å². The molecule has 1 aliphatic rings. The Morgan fingerprint density at radius 2 is 2.06 bits per heavy atom. The number of halogens is 1. The fourth-order valence-electron chi connectivity index (χ4n) is 1.75. The van der Waals surface area contributed by atoms with Crippen molar-refractivity contribution >= 4 is 45.9 Å². The number of para-hydroxylation sites is 1. The van der Waals surface area contributed by atoms with Gasteiger partial charge in [0.2, 0.25) is 5.91 Å². The molecule has 1 saturated heterocycles. The second-order valence-corrected chi connectivity index (χ2v) is 4.80. The van der Waals surface area contributed by atoms with Gasteiger partial charge in [-0.25, -0.2) is 4.79 Å². The number of hydrogen-bond donors (Lipinski definition) is 1. The molecule has 1 N–H and O–H groups in total. The highest BCUT2D eigenvalue weighted by molar-refractivity contribution is 14.1. The second-order valence-electron chi connectivity index (χ2n) is 3.64. The van der Waals surface area contributed by atoms with E-state index in [1.54, 1.807) is 12.1 Å². The van der Waals surface area contributed by atoms with E-state index in [9.17, 15) is 14.4 Å². The van der Waals surface area contributed by atoms with Crippen LogP contribution >= 0.6 is 22.6 Å². The summed E-state index contributed by atoms with van der Waals surface area (Å²) in [4.78, 5) is 35.2. The van der Waals surface area contributed by atoms with Gasteiger partial charge in [-0.15, -0.1) is 0 Å². The largest absolute Gasteiger partial charge is 0.478 e. The Hall–Kier alpha value is -1.44. The number of carbonyl (C=O) groups is 3. The minimum atomic E-state index is -1.11. The number of ketones is 1. The van der Waals surface area contributed by atoms with Crippen molar-refractivity contribution in [2.24, 2.45) is 0 Å². The predicted molar refractivity (Wildman–Crippen MR) is 68.1 cm³/mol. The molecule has 0 bridgehead atoms. The molecule has 0 aliphatic carbocycles. The zero-order valence-corrected chi connectivity index (χ0v) is 10.8. The van der Waals surface area contributed by atoms with Gasteiger partial charge in [0, 0.05) is 3.57 Å². The van der Waals surface area contributed by atoms with Crippen LogP contribution in [0.25, 0.3) is 0 Å². The number of amides is 1. The number of hydrogen-bond acceptors (Lipinski definition) is 3. The fourth-order valence-corrected chi connectivity index (χ4v) is 2.54. The number of rotatable bonds is 2. The van der Waals surface area contributed by atoms with Gasteiger partial charge in [0.1, 0.15) is 0 Å². The molecule has 1 amide bonds. The molecule has 2 rings (SSSR count). The zero-order valence-electron chi connectivity index (χ0n) is 8.64. The van der Waals surface area contributed by atoms with Crippen LogP contribution in [0.5, 0.6) is 0 Å². The smallest absolute Gasteiger partial charge is 0.337 e. The van der Waals surface area contributed by atoms with Gasteiger partial charge >= 0.3 is 5.97 Å². The average Bonchev–Trinajstić information content (AvgIpc) is 2.57. The lowest BCUT2D eigenvalue weighted by Crippen LogP contribution is -2.27. The first-order valence-corrected chi connectivity index (χ1v) is 5.92. The van der Waals surface area contributed by atoms with Gasteiger partial charge in [0.15, 0.2) is 5.78 Å². The number of nitrogens with zero attached hydrogens (tertiary/aromatic N) is 1. The molecule has 1 heterocycles. The third-order valence-electron chi connectivity index (χ3n) is 2.47. The first-order chi connectivity index (χ1) is 8.00. The number of carbonyl (C=O) groups excluding carboxylic acids is 2. The van der Waals surface area contributed by atoms with E-state index < -0.39 is 5.97 Å². The molecule has 0 atom stereocenters. The molecule has 0 unspecified atom stereocenters. The van der Waals surface area contributed by atoms with Crippen LogP contribution in [0.2, 0.25) is 0 Å². The van der Waals surface area contributed by atoms with Gasteiger partial charge < -0.3 is 10.0 Å². The SMILES string of the molecule is O=C1CC(=O)N(c2c(I)cccc2C(=O)O)C1. The molecule has 0 spiro atoms. The summed E-state index contributed by atoms with van der Waals surface area (Å²) in [5, 5.41) is 9.08. The molecule has 5 nitrogen and oxygen atoms in total. The normalized spacial score (nSPS) is 15.5. The average molecular weight is 345 g/mol. The molecular formula is C11H8INO4. The van der Waals surface area contributed by atoms with E-state index in [1.165, 1.54) is 11.0 Å². The number of benzene rings is 1. The molecule has 6 heteroatoms. The molecule has 1 aromatic carbocycles. The van der Waals surface area contributed by atoms with Crippen LogP contribution in [0.3, 0.4) is 0 Å². The highest BCUT2D eigenvalue weighted by atomic mass is 127. The van der Waals surface area contributed by atoms with Crippen molar-refractivity contribution in [2.75, 3.05) is 11.4 Å². The van der Waals surface area contributed by atoms with Crippen LogP contribution in [0.4, 0.5) is 5.69 Å². The fraction of sp³-hybridized carbons (Fsp3) is 0.182. The lowest BCUT2D eigenvalue weighted by Gasteiger charge is -2.18. The number of Topliss-reactive ketones (excluding diaryl/α,β-unsaturated/α-hetero) is 1. The van der Waals surface area contributed by atoms with Gasteiger partial charge in [-0.3, -0.25) is 9.59 Å². The van der Waals surface area contributed by atoms with E-state index in [4.69, 9.17) is 5.11 Å². The first-order valence-electron chi connectivity index (χ1n) is 4.84. The number of carboxylic acid groups (broad SMARTS) is 1. The van der Waals surface area contributed by atoms with Crippen molar-refractivity contribution in [1.82, 2.24) is 0 Å². The minimum absolute atomic E-state index is 0.0416. The number of anilines is 1. The summed E-state index contributed by atoms with van der Waals surface area (Å²) in [5.74, 6) is -1.64. The van der Waals surface area contributed by atoms with Gasteiger partial charge in [0.25, 0.3) is 0 Å². The van der Waals surface area contributed by atoms with E-state index in [1.807, 2.05) is 22.6 Å². The molecule has 17 heavy (non-hydrogen) atoms. The summed E-state index contributed by atoms with van der Waals surface area (Å²) in [6.07, 6.45) is -0.149. The van der Waals surface area contributed by atoms with Crippen LogP contribution in [0.15, 0.2) is 18.2 Å². The Balaban J connectivity index is 2.54. The molecular weight excluding hydrogens is 337 g/mol. The molecule has 88 valence electrons. The Morgan fingerprint density at radius 1 is 1.35 bits per heavy atom. The van der Waals surface area contributed by atoms with Crippen molar-refractivity contribution in [3.63, 3.8) is 0 Å². The van der Waals surface area contributed by atoms with Gasteiger partial charge in [-0.1, -0.05) is 6.07 Å². The number of aromatic carboxylic acids is 1. The maximum Gasteiger partial charge on any atom is 0.337 e. The van der Waals surface area contributed by atoms with Crippen molar-refractivity contribution in [3.05, 3.63) is 27.3 Å². The number of carboxylic acids is 1. The summed E-state index contributed by atoms with van der Waals surface area (Å²) >= 11 is 1.96. The van der Waals surface area contributed by atoms with Crippen LogP contribution < -0.4 is 4.90 Å². The maximum atomic E-state index is 11.6. The van der Waals surface area contributed by atoms with E-state index in [0.29, 0.717) is 9.26 Å². The van der Waals surface area contributed by atoms with E-state index in [2.05, 4.69) is 0 Å². The maximum absolute atomic E-state index is 11.6. The Labute approximate surface area is 111 Å². The van der Waals surface area contributed by atoms with E-state index in [0.717, 1.165) is 0 Å². The summed E-state index contributed by atoms with van der Waals surface area (Å²) < 4.78 is 0.644. The Kier molecular flexibility index (Phi) is 3.14. The van der Waals surface area contributed by atoms with Crippen molar-refractivity contribution in [2.45, 2.75) is 6.42 Å². The van der Waals surface area contributed by atoms with Crippen LogP contribution in [0.1, 0.15) is 16.8 Å². The second kappa shape index (κ2) is 4.44. The van der Waals surface area contributed by atoms with E-state index in [-0.39, 0.29) is 30.2 Å². The molecule has 1 fully saturated rings. The third-order valence-corrected chi connectivity index (χ3v) is 3.34. The van der Waals surface area contributed by atoms with Crippen molar-refractivity contribution in [3.8, 4) is 0 Å². The molecule has 1 aromatic rings. The predicted octanol–water partition coefficient (Wildman–Crippen LogP) is 1.30.